The Morgan fingerprint density at radius 2 is 1.61 bits per heavy atom. The zero-order chi connectivity index (χ0) is 16.2. The molecule has 0 radical (unpaired) electrons. The first-order valence-corrected chi connectivity index (χ1v) is 7.83. The van der Waals surface area contributed by atoms with E-state index in [4.69, 9.17) is 16.6 Å². The van der Waals surface area contributed by atoms with Crippen LogP contribution in [-0.2, 0) is 0 Å². The maximum Gasteiger partial charge on any atom is 0.0785 e. The van der Waals surface area contributed by atoms with Crippen LogP contribution in [0, 0.1) is 13.8 Å². The molecule has 1 heterocycles. The molecule has 1 aromatic heterocycles. The number of aryl methyl sites for hydroxylation is 2. The van der Waals surface area contributed by atoms with Crippen molar-refractivity contribution >= 4 is 23.0 Å². The second-order valence-corrected chi connectivity index (χ2v) is 5.93. The van der Waals surface area contributed by atoms with Gasteiger partial charge in [-0.25, -0.2) is 4.99 Å². The summed E-state index contributed by atoms with van der Waals surface area (Å²) in [5.74, 6) is 0. The minimum Gasteiger partial charge on any atom is -0.265 e. The number of aromatic nitrogens is 1. The van der Waals surface area contributed by atoms with Crippen molar-refractivity contribution < 1.29 is 0 Å². The van der Waals surface area contributed by atoms with Gasteiger partial charge in [-0.2, -0.15) is 0 Å². The Bertz CT molecular complexity index is 837. The molecule has 0 unspecified atom stereocenters. The molecule has 114 valence electrons. The number of rotatable bonds is 3. The van der Waals surface area contributed by atoms with E-state index in [2.05, 4.69) is 37.0 Å². The molecule has 0 aliphatic rings. The molecule has 0 saturated carbocycles. The maximum absolute atomic E-state index is 5.97. The molecule has 3 rings (SSSR count). The highest BCUT2D eigenvalue weighted by molar-refractivity contribution is 6.30. The van der Waals surface area contributed by atoms with Crippen molar-refractivity contribution in [3.63, 3.8) is 0 Å². The third-order valence-corrected chi connectivity index (χ3v) is 3.92. The van der Waals surface area contributed by atoms with Crippen molar-refractivity contribution in [1.82, 2.24) is 4.98 Å². The molecule has 0 saturated heterocycles. The van der Waals surface area contributed by atoms with E-state index in [9.17, 15) is 0 Å². The van der Waals surface area contributed by atoms with Crippen LogP contribution in [0.1, 0.15) is 22.3 Å². The van der Waals surface area contributed by atoms with E-state index in [1.54, 1.807) is 12.4 Å². The molecule has 2 aromatic carbocycles. The lowest BCUT2D eigenvalue weighted by Crippen LogP contribution is -2.06. The minimum atomic E-state index is 0.709. The smallest absolute Gasteiger partial charge is 0.0785 e. The standard InChI is InChI=1S/C20H17ClN2/c1-14-3-4-15(2)19(13-14)20(16-9-11-22-12-10-16)23-18-7-5-17(21)6-8-18/h3-13H,1-2H3. The monoisotopic (exact) mass is 320 g/mol. The lowest BCUT2D eigenvalue weighted by atomic mass is 9.97. The summed E-state index contributed by atoms with van der Waals surface area (Å²) < 4.78 is 0. The van der Waals surface area contributed by atoms with Gasteiger partial charge in [0.1, 0.15) is 0 Å². The molecule has 0 aliphatic heterocycles. The van der Waals surface area contributed by atoms with E-state index in [1.165, 1.54) is 11.1 Å². The minimum absolute atomic E-state index is 0.709. The highest BCUT2D eigenvalue weighted by Gasteiger charge is 2.10. The Morgan fingerprint density at radius 3 is 2.30 bits per heavy atom. The fraction of sp³-hybridized carbons (Fsp3) is 0.100. The van der Waals surface area contributed by atoms with E-state index in [0.717, 1.165) is 22.5 Å². The average Bonchev–Trinajstić information content (AvgIpc) is 2.57. The SMILES string of the molecule is Cc1ccc(C)c(C(=Nc2ccc(Cl)cc2)c2ccncc2)c1. The fourth-order valence-corrected chi connectivity index (χ4v) is 2.55. The highest BCUT2D eigenvalue weighted by Crippen LogP contribution is 2.22. The Balaban J connectivity index is 2.18. The van der Waals surface area contributed by atoms with Crippen LogP contribution in [0.4, 0.5) is 5.69 Å². The van der Waals surface area contributed by atoms with Crippen molar-refractivity contribution in [3.8, 4) is 0 Å². The Kier molecular flexibility index (Phi) is 4.54. The number of aliphatic imine (C=N–C) groups is 1. The molecule has 0 bridgehead atoms. The van der Waals surface area contributed by atoms with Gasteiger partial charge in [-0.05, 0) is 61.9 Å². The first kappa shape index (κ1) is 15.4. The lowest BCUT2D eigenvalue weighted by molar-refractivity contribution is 1.31. The summed E-state index contributed by atoms with van der Waals surface area (Å²) in [7, 11) is 0. The molecule has 0 fully saturated rings. The van der Waals surface area contributed by atoms with Crippen molar-refractivity contribution in [2.24, 2.45) is 4.99 Å². The number of halogens is 1. The Labute approximate surface area is 141 Å². The van der Waals surface area contributed by atoms with Crippen LogP contribution in [-0.4, -0.2) is 10.7 Å². The van der Waals surface area contributed by atoms with Crippen LogP contribution in [0.3, 0.4) is 0 Å². The molecule has 0 amide bonds. The normalized spacial score (nSPS) is 11.5. The molecule has 2 nitrogen and oxygen atoms in total. The van der Waals surface area contributed by atoms with Crippen molar-refractivity contribution in [2.45, 2.75) is 13.8 Å². The Hall–Kier alpha value is -2.45. The van der Waals surface area contributed by atoms with E-state index in [0.29, 0.717) is 5.02 Å². The van der Waals surface area contributed by atoms with Gasteiger partial charge in [0.2, 0.25) is 0 Å². The third kappa shape index (κ3) is 3.66. The average molecular weight is 321 g/mol. The summed E-state index contributed by atoms with van der Waals surface area (Å²) in [6, 6.07) is 17.9. The number of nitrogens with zero attached hydrogens (tertiary/aromatic N) is 2. The van der Waals surface area contributed by atoms with E-state index >= 15 is 0 Å². The van der Waals surface area contributed by atoms with Crippen molar-refractivity contribution in [2.75, 3.05) is 0 Å². The predicted octanol–water partition coefficient (Wildman–Crippen LogP) is 5.52. The fourth-order valence-electron chi connectivity index (χ4n) is 2.43. The third-order valence-electron chi connectivity index (χ3n) is 3.67. The summed E-state index contributed by atoms with van der Waals surface area (Å²) in [5.41, 5.74) is 6.40. The van der Waals surface area contributed by atoms with E-state index in [1.807, 2.05) is 36.4 Å². The molecule has 0 N–H and O–H groups in total. The highest BCUT2D eigenvalue weighted by atomic mass is 35.5. The number of pyridine rings is 1. The zero-order valence-corrected chi connectivity index (χ0v) is 13.9. The maximum atomic E-state index is 5.97. The molecule has 23 heavy (non-hydrogen) atoms. The van der Waals surface area contributed by atoms with E-state index in [-0.39, 0.29) is 0 Å². The zero-order valence-electron chi connectivity index (χ0n) is 13.1. The van der Waals surface area contributed by atoms with Gasteiger partial charge in [0.05, 0.1) is 11.4 Å². The topological polar surface area (TPSA) is 25.2 Å². The van der Waals surface area contributed by atoms with Gasteiger partial charge < -0.3 is 0 Å². The molecule has 0 atom stereocenters. The van der Waals surface area contributed by atoms with Crippen molar-refractivity contribution in [3.05, 3.63) is 94.3 Å². The molecule has 0 aliphatic carbocycles. The predicted molar refractivity (Wildman–Crippen MR) is 96.9 cm³/mol. The summed E-state index contributed by atoms with van der Waals surface area (Å²) >= 11 is 5.97. The largest absolute Gasteiger partial charge is 0.265 e. The molecular weight excluding hydrogens is 304 g/mol. The Morgan fingerprint density at radius 1 is 0.913 bits per heavy atom. The van der Waals surface area contributed by atoms with Gasteiger partial charge >= 0.3 is 0 Å². The van der Waals surface area contributed by atoms with Gasteiger partial charge in [-0.3, -0.25) is 4.98 Å². The van der Waals surface area contributed by atoms with Gasteiger partial charge in [-0.15, -0.1) is 0 Å². The van der Waals surface area contributed by atoms with Crippen LogP contribution in [0.15, 0.2) is 72.0 Å². The number of benzene rings is 2. The molecule has 3 heteroatoms. The van der Waals surface area contributed by atoms with Gasteiger partial charge in [0.15, 0.2) is 0 Å². The molecule has 3 aromatic rings. The van der Waals surface area contributed by atoms with Crippen LogP contribution in [0.5, 0.6) is 0 Å². The lowest BCUT2D eigenvalue weighted by Gasteiger charge is -2.11. The number of hydrogen-bond donors (Lipinski definition) is 0. The van der Waals surface area contributed by atoms with Crippen LogP contribution in [0.25, 0.3) is 0 Å². The molecular formula is C20H17ClN2. The van der Waals surface area contributed by atoms with Crippen LogP contribution < -0.4 is 0 Å². The summed E-state index contributed by atoms with van der Waals surface area (Å²) in [6.45, 7) is 4.20. The summed E-state index contributed by atoms with van der Waals surface area (Å²) in [6.07, 6.45) is 3.58. The van der Waals surface area contributed by atoms with Gasteiger partial charge in [0, 0.05) is 28.5 Å². The number of hydrogen-bond acceptors (Lipinski definition) is 2. The van der Waals surface area contributed by atoms with Gasteiger partial charge in [-0.1, -0.05) is 29.3 Å². The van der Waals surface area contributed by atoms with Crippen molar-refractivity contribution in [1.29, 1.82) is 0 Å². The first-order chi connectivity index (χ1) is 11.1. The quantitative estimate of drug-likeness (QED) is 0.583. The second kappa shape index (κ2) is 6.76. The second-order valence-electron chi connectivity index (χ2n) is 5.49. The van der Waals surface area contributed by atoms with E-state index < -0.39 is 0 Å². The first-order valence-electron chi connectivity index (χ1n) is 7.46. The summed E-state index contributed by atoms with van der Waals surface area (Å²) in [4.78, 5) is 8.98. The van der Waals surface area contributed by atoms with Gasteiger partial charge in [0.25, 0.3) is 0 Å². The van der Waals surface area contributed by atoms with Crippen LogP contribution >= 0.6 is 11.6 Å². The van der Waals surface area contributed by atoms with Crippen LogP contribution in [0.2, 0.25) is 5.02 Å². The summed E-state index contributed by atoms with van der Waals surface area (Å²) in [5, 5.41) is 0.709. The molecule has 0 spiro atoms.